The maximum atomic E-state index is 13.4. The summed E-state index contributed by atoms with van der Waals surface area (Å²) in [5.74, 6) is 0.450. The van der Waals surface area contributed by atoms with Gasteiger partial charge in [0.2, 0.25) is 0 Å². The molecule has 1 aromatic heterocycles. The summed E-state index contributed by atoms with van der Waals surface area (Å²) in [5, 5.41) is 13.9. The number of halogens is 1. The third kappa shape index (κ3) is 7.75. The molecular weight excluding hydrogens is 548 g/mol. The number of amides is 1. The topological polar surface area (TPSA) is 78.1 Å². The van der Waals surface area contributed by atoms with Crippen LogP contribution in [0.2, 0.25) is 5.02 Å². The summed E-state index contributed by atoms with van der Waals surface area (Å²) in [4.78, 5) is 28.9. The minimum absolute atomic E-state index is 0.0863. The van der Waals surface area contributed by atoms with Gasteiger partial charge in [-0.2, -0.15) is 5.26 Å². The van der Waals surface area contributed by atoms with E-state index in [4.69, 9.17) is 23.8 Å². The van der Waals surface area contributed by atoms with E-state index in [1.54, 1.807) is 22.5 Å². The number of carbonyl (C=O) groups is 1. The number of nitrogens with zero attached hydrogens (tertiary/aromatic N) is 3. The molecule has 2 aromatic rings. The number of pyridine rings is 1. The lowest BCUT2D eigenvalue weighted by Crippen LogP contribution is -2.29. The van der Waals surface area contributed by atoms with Gasteiger partial charge in [-0.3, -0.25) is 19.1 Å². The molecule has 9 heteroatoms. The number of nitrogens with one attached hydrogen (secondary N) is 1. The number of benzene rings is 1. The van der Waals surface area contributed by atoms with Crippen LogP contribution in [0.25, 0.3) is 6.08 Å². The average Bonchev–Trinajstić information content (AvgIpc) is 3.19. The Labute approximate surface area is 246 Å². The van der Waals surface area contributed by atoms with Gasteiger partial charge in [0.05, 0.1) is 4.91 Å². The molecule has 1 aliphatic heterocycles. The SMILES string of the molecule is CCCCCCCCN1C(=O)/C(=C\c2c(C)c(C#N)c(=O)n(CCCC)c2NCc2ccccc2Cl)SC1=S. The van der Waals surface area contributed by atoms with E-state index in [0.717, 1.165) is 37.7 Å². The summed E-state index contributed by atoms with van der Waals surface area (Å²) < 4.78 is 2.16. The molecule has 208 valence electrons. The second-order valence-electron chi connectivity index (χ2n) is 9.73. The van der Waals surface area contributed by atoms with Crippen molar-refractivity contribution in [2.24, 2.45) is 0 Å². The number of carbonyl (C=O) groups excluding carboxylic acids is 1. The molecule has 1 amide bonds. The standard InChI is InChI=1S/C30H37ClN4O2S2/c1-4-6-8-9-10-13-17-35-29(37)26(39-30(35)38)18-23-21(3)24(19-32)28(36)34(16-7-5-2)27(23)33-20-22-14-11-12-15-25(22)31/h11-12,14-15,18,33H,4-10,13,16-17,20H2,1-3H3/b26-18+. The molecule has 1 fully saturated rings. The Morgan fingerprint density at radius 2 is 1.74 bits per heavy atom. The minimum Gasteiger partial charge on any atom is -0.367 e. The van der Waals surface area contributed by atoms with Crippen LogP contribution in [0.15, 0.2) is 34.0 Å². The molecule has 2 heterocycles. The first-order valence-electron chi connectivity index (χ1n) is 13.7. The molecule has 1 aromatic carbocycles. The molecular formula is C30H37ClN4O2S2. The quantitative estimate of drug-likeness (QED) is 0.139. The smallest absolute Gasteiger partial charge is 0.270 e. The van der Waals surface area contributed by atoms with E-state index in [9.17, 15) is 14.9 Å². The van der Waals surface area contributed by atoms with Crippen molar-refractivity contribution in [2.45, 2.75) is 85.2 Å². The molecule has 0 atom stereocenters. The molecule has 39 heavy (non-hydrogen) atoms. The average molecular weight is 585 g/mol. The summed E-state index contributed by atoms with van der Waals surface area (Å²) >= 11 is 13.2. The number of aromatic nitrogens is 1. The van der Waals surface area contributed by atoms with Gasteiger partial charge in [-0.15, -0.1) is 0 Å². The maximum absolute atomic E-state index is 13.4. The van der Waals surface area contributed by atoms with Crippen molar-refractivity contribution in [1.82, 2.24) is 9.47 Å². The van der Waals surface area contributed by atoms with E-state index in [2.05, 4.69) is 25.2 Å². The molecule has 1 saturated heterocycles. The van der Waals surface area contributed by atoms with Crippen LogP contribution in [0.1, 0.15) is 87.5 Å². The zero-order valence-electron chi connectivity index (χ0n) is 23.0. The van der Waals surface area contributed by atoms with Crippen LogP contribution < -0.4 is 10.9 Å². The second kappa shape index (κ2) is 15.3. The van der Waals surface area contributed by atoms with Crippen LogP contribution in [-0.2, 0) is 17.9 Å². The fourth-order valence-electron chi connectivity index (χ4n) is 4.58. The highest BCUT2D eigenvalue weighted by Crippen LogP contribution is 2.35. The van der Waals surface area contributed by atoms with E-state index in [0.29, 0.717) is 50.8 Å². The summed E-state index contributed by atoms with van der Waals surface area (Å²) in [5.41, 5.74) is 1.82. The fraction of sp³-hybridized carbons (Fsp3) is 0.467. The van der Waals surface area contributed by atoms with Crippen molar-refractivity contribution in [1.29, 1.82) is 5.26 Å². The lowest BCUT2D eigenvalue weighted by molar-refractivity contribution is -0.122. The molecule has 0 unspecified atom stereocenters. The summed E-state index contributed by atoms with van der Waals surface area (Å²) in [6, 6.07) is 9.62. The second-order valence-corrected chi connectivity index (χ2v) is 11.8. The molecule has 0 radical (unpaired) electrons. The molecule has 0 saturated carbocycles. The van der Waals surface area contributed by atoms with Crippen molar-refractivity contribution in [3.05, 3.63) is 66.8 Å². The maximum Gasteiger partial charge on any atom is 0.270 e. The van der Waals surface area contributed by atoms with Gasteiger partial charge in [-0.05, 0) is 43.0 Å². The molecule has 0 bridgehead atoms. The lowest BCUT2D eigenvalue weighted by Gasteiger charge is -2.20. The van der Waals surface area contributed by atoms with Crippen molar-refractivity contribution in [3.63, 3.8) is 0 Å². The fourth-order valence-corrected chi connectivity index (χ4v) is 6.07. The van der Waals surface area contributed by atoms with Crippen molar-refractivity contribution < 1.29 is 4.79 Å². The van der Waals surface area contributed by atoms with Crippen LogP contribution in [0.4, 0.5) is 5.82 Å². The van der Waals surface area contributed by atoms with Gasteiger partial charge in [0, 0.05) is 30.2 Å². The van der Waals surface area contributed by atoms with E-state index in [1.807, 2.05) is 24.3 Å². The largest absolute Gasteiger partial charge is 0.367 e. The third-order valence-corrected chi connectivity index (χ3v) is 8.65. The van der Waals surface area contributed by atoms with Crippen molar-refractivity contribution >= 4 is 57.7 Å². The summed E-state index contributed by atoms with van der Waals surface area (Å²) in [7, 11) is 0. The van der Waals surface area contributed by atoms with E-state index in [1.165, 1.54) is 31.0 Å². The Bertz CT molecular complexity index is 1330. The zero-order valence-corrected chi connectivity index (χ0v) is 25.4. The van der Waals surface area contributed by atoms with Gasteiger partial charge in [0.15, 0.2) is 0 Å². The number of hydrogen-bond donors (Lipinski definition) is 1. The Morgan fingerprint density at radius 1 is 1.05 bits per heavy atom. The van der Waals surface area contributed by atoms with Gasteiger partial charge in [0.1, 0.15) is 21.8 Å². The molecule has 1 N–H and O–H groups in total. The monoisotopic (exact) mass is 584 g/mol. The van der Waals surface area contributed by atoms with Crippen molar-refractivity contribution in [3.8, 4) is 6.07 Å². The first-order chi connectivity index (χ1) is 18.8. The highest BCUT2D eigenvalue weighted by Gasteiger charge is 2.32. The molecule has 0 spiro atoms. The molecule has 3 rings (SSSR count). The van der Waals surface area contributed by atoms with Crippen molar-refractivity contribution in [2.75, 3.05) is 11.9 Å². The van der Waals surface area contributed by atoms with Crippen LogP contribution in [0, 0.1) is 18.3 Å². The van der Waals surface area contributed by atoms with E-state index < -0.39 is 0 Å². The van der Waals surface area contributed by atoms with Crippen LogP contribution in [0.5, 0.6) is 0 Å². The number of hydrogen-bond acceptors (Lipinski definition) is 6. The normalized spacial score (nSPS) is 14.3. The Morgan fingerprint density at radius 3 is 2.44 bits per heavy atom. The lowest BCUT2D eigenvalue weighted by atomic mass is 10.0. The number of thiocarbonyl (C=S) groups is 1. The summed E-state index contributed by atoms with van der Waals surface area (Å²) in [6.07, 6.45) is 10.2. The van der Waals surface area contributed by atoms with Gasteiger partial charge >= 0.3 is 0 Å². The number of unbranched alkanes of at least 4 members (excludes halogenated alkanes) is 6. The van der Waals surface area contributed by atoms with Gasteiger partial charge in [-0.25, -0.2) is 0 Å². The predicted molar refractivity (Wildman–Crippen MR) is 167 cm³/mol. The van der Waals surface area contributed by atoms with Gasteiger partial charge in [-0.1, -0.05) is 106 Å². The van der Waals surface area contributed by atoms with E-state index in [-0.39, 0.29) is 17.0 Å². The Kier molecular flexibility index (Phi) is 12.1. The highest BCUT2D eigenvalue weighted by molar-refractivity contribution is 8.26. The molecule has 6 nitrogen and oxygen atoms in total. The predicted octanol–water partition coefficient (Wildman–Crippen LogP) is 7.66. The minimum atomic E-state index is -0.335. The molecule has 1 aliphatic rings. The number of thioether (sulfide) groups is 1. The Balaban J connectivity index is 1.98. The number of anilines is 1. The van der Waals surface area contributed by atoms with E-state index >= 15 is 0 Å². The third-order valence-electron chi connectivity index (χ3n) is 6.90. The van der Waals surface area contributed by atoms with Crippen LogP contribution >= 0.6 is 35.6 Å². The number of rotatable bonds is 14. The number of nitriles is 1. The van der Waals surface area contributed by atoms with Gasteiger partial charge in [0.25, 0.3) is 11.5 Å². The van der Waals surface area contributed by atoms with Crippen LogP contribution in [-0.4, -0.2) is 26.2 Å². The molecule has 0 aliphatic carbocycles. The Hall–Kier alpha value is -2.60. The summed E-state index contributed by atoms with van der Waals surface area (Å²) in [6.45, 7) is 7.45. The zero-order chi connectivity index (χ0) is 28.4. The van der Waals surface area contributed by atoms with Crippen LogP contribution in [0.3, 0.4) is 0 Å². The van der Waals surface area contributed by atoms with Gasteiger partial charge < -0.3 is 5.32 Å². The first-order valence-corrected chi connectivity index (χ1v) is 15.3. The highest BCUT2D eigenvalue weighted by atomic mass is 35.5. The first kappa shape index (κ1) is 30.9.